The first-order valence-corrected chi connectivity index (χ1v) is 14.5. The van der Waals surface area contributed by atoms with E-state index in [0.29, 0.717) is 43.6 Å². The highest BCUT2D eigenvalue weighted by Gasteiger charge is 2.42. The molecular formula is C30H36F3N5O5. The van der Waals surface area contributed by atoms with Gasteiger partial charge in [-0.2, -0.15) is 18.2 Å². The Labute approximate surface area is 247 Å². The van der Waals surface area contributed by atoms with Crippen LogP contribution in [0.25, 0.3) is 0 Å². The Morgan fingerprint density at radius 3 is 2.60 bits per heavy atom. The SMILES string of the molecule is CC1CCCN(c2nc(C(F)(F)F)c(C(=O)Nc3ccc(N4CCC(COC5=CC(C)(C(=O)O)CC=C5)CC4)nc3)o2)C1. The average molecular weight is 604 g/mol. The lowest BCUT2D eigenvalue weighted by atomic mass is 9.83. The van der Waals surface area contributed by atoms with Crippen molar-refractivity contribution in [1.29, 1.82) is 0 Å². The molecule has 3 aliphatic rings. The lowest BCUT2D eigenvalue weighted by Crippen LogP contribution is -2.35. The number of ether oxygens (including phenoxy) is 1. The van der Waals surface area contributed by atoms with E-state index in [4.69, 9.17) is 9.15 Å². The van der Waals surface area contributed by atoms with Crippen molar-refractivity contribution in [3.8, 4) is 0 Å². The van der Waals surface area contributed by atoms with Gasteiger partial charge in [0.1, 0.15) is 11.6 Å². The molecule has 0 saturated carbocycles. The van der Waals surface area contributed by atoms with Gasteiger partial charge in [-0.25, -0.2) is 4.98 Å². The second-order valence-electron chi connectivity index (χ2n) is 11.8. The second kappa shape index (κ2) is 12.3. The number of carboxylic acid groups (broad SMARTS) is 1. The van der Waals surface area contributed by atoms with Crippen molar-refractivity contribution in [2.45, 2.75) is 52.1 Å². The fourth-order valence-electron chi connectivity index (χ4n) is 5.61. The van der Waals surface area contributed by atoms with E-state index >= 15 is 0 Å². The van der Waals surface area contributed by atoms with Gasteiger partial charge in [-0.1, -0.05) is 13.0 Å². The van der Waals surface area contributed by atoms with Crippen LogP contribution in [0.5, 0.6) is 0 Å². The third kappa shape index (κ3) is 7.14. The van der Waals surface area contributed by atoms with Gasteiger partial charge in [-0.15, -0.1) is 0 Å². The first-order valence-electron chi connectivity index (χ1n) is 14.5. The van der Waals surface area contributed by atoms with Crippen LogP contribution >= 0.6 is 0 Å². The number of amides is 1. The van der Waals surface area contributed by atoms with E-state index < -0.39 is 34.9 Å². The minimum absolute atomic E-state index is 0.197. The van der Waals surface area contributed by atoms with E-state index in [0.717, 1.165) is 38.8 Å². The van der Waals surface area contributed by atoms with Gasteiger partial charge < -0.3 is 29.4 Å². The number of anilines is 3. The van der Waals surface area contributed by atoms with Gasteiger partial charge in [0.05, 0.1) is 23.9 Å². The first-order chi connectivity index (χ1) is 20.4. The zero-order valence-electron chi connectivity index (χ0n) is 24.2. The van der Waals surface area contributed by atoms with E-state index in [-0.39, 0.29) is 17.6 Å². The van der Waals surface area contributed by atoms with E-state index in [9.17, 15) is 27.9 Å². The molecule has 232 valence electrons. The van der Waals surface area contributed by atoms with Gasteiger partial charge in [-0.05, 0) is 75.1 Å². The molecule has 5 rings (SSSR count). The number of aromatic nitrogens is 2. The number of aliphatic carboxylic acids is 1. The highest BCUT2D eigenvalue weighted by Crippen LogP contribution is 2.36. The molecule has 2 saturated heterocycles. The van der Waals surface area contributed by atoms with E-state index in [1.54, 1.807) is 30.0 Å². The Morgan fingerprint density at radius 1 is 1.19 bits per heavy atom. The van der Waals surface area contributed by atoms with Gasteiger partial charge >= 0.3 is 12.1 Å². The highest BCUT2D eigenvalue weighted by atomic mass is 19.4. The number of allylic oxidation sites excluding steroid dienone is 2. The number of carboxylic acids is 1. The van der Waals surface area contributed by atoms with Crippen molar-refractivity contribution in [1.82, 2.24) is 9.97 Å². The quantitative estimate of drug-likeness (QED) is 0.389. The number of rotatable bonds is 8. The molecule has 2 N–H and O–H groups in total. The largest absolute Gasteiger partial charge is 0.494 e. The maximum atomic E-state index is 13.7. The Morgan fingerprint density at radius 2 is 1.95 bits per heavy atom. The lowest BCUT2D eigenvalue weighted by Gasteiger charge is -2.33. The number of pyridine rings is 1. The van der Waals surface area contributed by atoms with Crippen molar-refractivity contribution >= 4 is 29.4 Å². The summed E-state index contributed by atoms with van der Waals surface area (Å²) in [6, 6.07) is 3.10. The van der Waals surface area contributed by atoms with Crippen molar-refractivity contribution in [2.24, 2.45) is 17.3 Å². The van der Waals surface area contributed by atoms with Crippen LogP contribution in [0, 0.1) is 17.3 Å². The summed E-state index contributed by atoms with van der Waals surface area (Å²) in [6.07, 6.45) is 5.74. The lowest BCUT2D eigenvalue weighted by molar-refractivity contribution is -0.145. The molecule has 13 heteroatoms. The monoisotopic (exact) mass is 603 g/mol. The molecule has 43 heavy (non-hydrogen) atoms. The van der Waals surface area contributed by atoms with Crippen molar-refractivity contribution in [3.63, 3.8) is 0 Å². The molecule has 1 amide bonds. The molecule has 2 fully saturated rings. The number of nitrogens with one attached hydrogen (secondary N) is 1. The topological polar surface area (TPSA) is 121 Å². The summed E-state index contributed by atoms with van der Waals surface area (Å²) in [6.45, 7) is 6.63. The number of piperidine rings is 2. The van der Waals surface area contributed by atoms with Crippen molar-refractivity contribution in [3.05, 3.63) is 53.8 Å². The predicted molar refractivity (Wildman–Crippen MR) is 153 cm³/mol. The van der Waals surface area contributed by atoms with Crippen LogP contribution in [0.4, 0.5) is 30.7 Å². The molecule has 0 aromatic carbocycles. The summed E-state index contributed by atoms with van der Waals surface area (Å²) >= 11 is 0. The minimum atomic E-state index is -4.85. The molecule has 2 aromatic heterocycles. The summed E-state index contributed by atoms with van der Waals surface area (Å²) < 4.78 is 52.5. The van der Waals surface area contributed by atoms with E-state index in [2.05, 4.69) is 20.2 Å². The molecule has 4 heterocycles. The Hall–Kier alpha value is -4.03. The normalized spacial score (nSPS) is 23.2. The Kier molecular flexibility index (Phi) is 8.70. The van der Waals surface area contributed by atoms with Gasteiger partial charge in [0, 0.05) is 26.2 Å². The van der Waals surface area contributed by atoms with Gasteiger partial charge in [-0.3, -0.25) is 9.59 Å². The maximum Gasteiger partial charge on any atom is 0.437 e. The molecule has 1 aliphatic carbocycles. The van der Waals surface area contributed by atoms with E-state index in [1.165, 1.54) is 6.20 Å². The number of alkyl halides is 3. The minimum Gasteiger partial charge on any atom is -0.494 e. The molecular weight excluding hydrogens is 567 g/mol. The zero-order valence-corrected chi connectivity index (χ0v) is 24.2. The van der Waals surface area contributed by atoms with Gasteiger partial charge in [0.15, 0.2) is 5.69 Å². The average Bonchev–Trinajstić information content (AvgIpc) is 3.44. The summed E-state index contributed by atoms with van der Waals surface area (Å²) in [4.78, 5) is 36.2. The zero-order chi connectivity index (χ0) is 30.8. The second-order valence-corrected chi connectivity index (χ2v) is 11.8. The smallest absolute Gasteiger partial charge is 0.437 e. The first kappa shape index (κ1) is 30.4. The third-order valence-electron chi connectivity index (χ3n) is 8.22. The van der Waals surface area contributed by atoms with E-state index in [1.807, 2.05) is 19.1 Å². The molecule has 2 atom stereocenters. The number of carbonyl (C=O) groups is 2. The van der Waals surface area contributed by atoms with Crippen LogP contribution < -0.4 is 15.1 Å². The summed E-state index contributed by atoms with van der Waals surface area (Å²) in [5, 5.41) is 11.9. The number of carbonyl (C=O) groups excluding carboxylic acids is 1. The fraction of sp³-hybridized carbons (Fsp3) is 0.533. The number of hydrogen-bond donors (Lipinski definition) is 2. The molecule has 0 bridgehead atoms. The van der Waals surface area contributed by atoms with Crippen molar-refractivity contribution in [2.75, 3.05) is 47.9 Å². The standard InChI is InChI=1S/C30H36F3N5O5/c1-19-5-4-12-38(17-19)28-36-25(30(31,32)33)24(43-28)26(39)35-21-7-8-23(34-16-21)37-13-9-20(10-14-37)18-42-22-6-3-11-29(2,15-22)27(40)41/h3,6-8,15-16,19-20H,4-5,9-14,17-18H2,1-2H3,(H,35,39)(H,40,41). The summed E-state index contributed by atoms with van der Waals surface area (Å²) in [7, 11) is 0. The molecule has 0 spiro atoms. The number of halogens is 3. The summed E-state index contributed by atoms with van der Waals surface area (Å²) in [5.74, 6) is -0.966. The molecule has 2 unspecified atom stereocenters. The van der Waals surface area contributed by atoms with Crippen LogP contribution in [-0.4, -0.2) is 59.7 Å². The van der Waals surface area contributed by atoms with Crippen LogP contribution in [0.15, 0.2) is 46.7 Å². The fourth-order valence-corrected chi connectivity index (χ4v) is 5.61. The number of nitrogens with zero attached hydrogens (tertiary/aromatic N) is 4. The number of oxazole rings is 1. The molecule has 2 aromatic rings. The number of hydrogen-bond acceptors (Lipinski definition) is 8. The third-order valence-corrected chi connectivity index (χ3v) is 8.22. The molecule has 0 radical (unpaired) electrons. The Balaban J connectivity index is 1.15. The predicted octanol–water partition coefficient (Wildman–Crippen LogP) is 5.74. The van der Waals surface area contributed by atoms with Gasteiger partial charge in [0.25, 0.3) is 11.9 Å². The Bertz CT molecular complexity index is 1380. The molecule has 2 aliphatic heterocycles. The van der Waals surface area contributed by atoms with Crippen molar-refractivity contribution < 1.29 is 37.0 Å². The summed E-state index contributed by atoms with van der Waals surface area (Å²) in [5.41, 5.74) is -2.08. The van der Waals surface area contributed by atoms with Crippen LogP contribution in [0.1, 0.15) is 62.2 Å². The van der Waals surface area contributed by atoms with Crippen LogP contribution in [-0.2, 0) is 15.7 Å². The van der Waals surface area contributed by atoms with Gasteiger partial charge in [0.2, 0.25) is 5.76 Å². The maximum absolute atomic E-state index is 13.7. The highest BCUT2D eigenvalue weighted by molar-refractivity contribution is 6.03. The molecule has 10 nitrogen and oxygen atoms in total. The van der Waals surface area contributed by atoms with Crippen LogP contribution in [0.3, 0.4) is 0 Å². The van der Waals surface area contributed by atoms with Crippen LogP contribution in [0.2, 0.25) is 0 Å².